The Balaban J connectivity index is 1.77. The minimum absolute atomic E-state index is 0.869. The number of fused-ring (bicyclic) bond motifs is 3. The van der Waals surface area contributed by atoms with E-state index >= 15 is 0 Å². The van der Waals surface area contributed by atoms with E-state index in [2.05, 4.69) is 76.6 Å². The topological polar surface area (TPSA) is 37.2 Å². The summed E-state index contributed by atoms with van der Waals surface area (Å²) in [5.41, 5.74) is 5.32. The lowest BCUT2D eigenvalue weighted by atomic mass is 9.96. The summed E-state index contributed by atoms with van der Waals surface area (Å²) in [6.45, 7) is 3.63. The summed E-state index contributed by atoms with van der Waals surface area (Å²) in [7, 11) is 0. The number of aliphatic hydroxyl groups is 1. The first kappa shape index (κ1) is 18.5. The average Bonchev–Trinajstić information content (AvgIpc) is 3.09. The Labute approximate surface area is 176 Å². The van der Waals surface area contributed by atoms with Crippen LogP contribution in [-0.4, -0.2) is 9.67 Å². The maximum Gasteiger partial charge on any atom is 0.0860 e. The predicted molar refractivity (Wildman–Crippen MR) is 126 cm³/mol. The molecule has 1 aromatic heterocycles. The third kappa shape index (κ3) is 3.04. The number of hydrogen-bond acceptors (Lipinski definition) is 2. The van der Waals surface area contributed by atoms with Gasteiger partial charge in [-0.15, -0.1) is 0 Å². The number of rotatable bonds is 4. The van der Waals surface area contributed by atoms with Gasteiger partial charge in [0.25, 0.3) is 0 Å². The van der Waals surface area contributed by atoms with Crippen LogP contribution in [0, 0.1) is 0 Å². The number of anilines is 2. The first-order chi connectivity index (χ1) is 14.5. The van der Waals surface area contributed by atoms with Crippen LogP contribution in [0.15, 0.2) is 97.1 Å². The molecular weight excluding hydrogens is 368 g/mol. The molecular formula is C27H24N2O. The van der Waals surface area contributed by atoms with Crippen LogP contribution in [0.2, 0.25) is 0 Å². The van der Waals surface area contributed by atoms with E-state index in [0.29, 0.717) is 0 Å². The Hall–Kier alpha value is -3.56. The molecule has 0 amide bonds. The molecule has 3 nitrogen and oxygen atoms in total. The van der Waals surface area contributed by atoms with Gasteiger partial charge in [0.1, 0.15) is 0 Å². The molecule has 0 unspecified atom stereocenters. The molecule has 1 heterocycles. The van der Waals surface area contributed by atoms with Gasteiger partial charge in [-0.1, -0.05) is 60.7 Å². The molecule has 3 heteroatoms. The summed E-state index contributed by atoms with van der Waals surface area (Å²) >= 11 is 0. The SMILES string of the molecule is CC(C)(O)c1ccccc1Nc1cccc2c1c1ccccc1n2-c1ccccc1. The van der Waals surface area contributed by atoms with Crippen LogP contribution in [0.1, 0.15) is 19.4 Å². The fraction of sp³-hybridized carbons (Fsp3) is 0.111. The van der Waals surface area contributed by atoms with Crippen molar-refractivity contribution in [3.05, 3.63) is 103 Å². The van der Waals surface area contributed by atoms with E-state index in [4.69, 9.17) is 0 Å². The minimum Gasteiger partial charge on any atom is -0.386 e. The van der Waals surface area contributed by atoms with Gasteiger partial charge in [-0.05, 0) is 50.2 Å². The van der Waals surface area contributed by atoms with Gasteiger partial charge in [-0.2, -0.15) is 0 Å². The van der Waals surface area contributed by atoms with Crippen molar-refractivity contribution in [1.29, 1.82) is 0 Å². The Bertz CT molecular complexity index is 1340. The maximum atomic E-state index is 10.6. The lowest BCUT2D eigenvalue weighted by Gasteiger charge is -2.22. The highest BCUT2D eigenvalue weighted by atomic mass is 16.3. The summed E-state index contributed by atoms with van der Waals surface area (Å²) in [6.07, 6.45) is 0. The standard InChI is InChI=1S/C27H24N2O/c1-27(2,30)21-14-7-8-15-22(21)28-23-16-10-18-25-26(23)20-13-6-9-17-24(20)29(25)19-11-4-3-5-12-19/h3-18,28,30H,1-2H3. The summed E-state index contributed by atoms with van der Waals surface area (Å²) in [6, 6.07) is 33.2. The van der Waals surface area contributed by atoms with Gasteiger partial charge in [0.15, 0.2) is 0 Å². The summed E-state index contributed by atoms with van der Waals surface area (Å²) in [5, 5.41) is 16.6. The maximum absolute atomic E-state index is 10.6. The Morgan fingerprint density at radius 1 is 0.667 bits per heavy atom. The largest absolute Gasteiger partial charge is 0.386 e. The molecule has 5 rings (SSSR count). The molecule has 0 bridgehead atoms. The lowest BCUT2D eigenvalue weighted by Crippen LogP contribution is -2.17. The Morgan fingerprint density at radius 2 is 1.30 bits per heavy atom. The third-order valence-corrected chi connectivity index (χ3v) is 5.57. The van der Waals surface area contributed by atoms with E-state index in [9.17, 15) is 5.11 Å². The number of aromatic nitrogens is 1. The monoisotopic (exact) mass is 392 g/mol. The normalized spacial score (nSPS) is 11.8. The minimum atomic E-state index is -0.935. The van der Waals surface area contributed by atoms with Crippen LogP contribution in [0.4, 0.5) is 11.4 Å². The van der Waals surface area contributed by atoms with Gasteiger partial charge in [0.2, 0.25) is 0 Å². The molecule has 0 spiro atoms. The second-order valence-corrected chi connectivity index (χ2v) is 8.12. The number of hydrogen-bond donors (Lipinski definition) is 2. The quantitative estimate of drug-likeness (QED) is 0.355. The van der Waals surface area contributed by atoms with Gasteiger partial charge in [0, 0.05) is 33.4 Å². The molecule has 0 aliphatic rings. The van der Waals surface area contributed by atoms with Gasteiger partial charge in [0.05, 0.1) is 16.6 Å². The number of nitrogens with one attached hydrogen (secondary N) is 1. The zero-order chi connectivity index (χ0) is 20.7. The molecule has 148 valence electrons. The van der Waals surface area contributed by atoms with E-state index in [-0.39, 0.29) is 0 Å². The highest BCUT2D eigenvalue weighted by Gasteiger charge is 2.21. The van der Waals surface area contributed by atoms with Gasteiger partial charge in [-0.25, -0.2) is 0 Å². The zero-order valence-electron chi connectivity index (χ0n) is 17.1. The molecule has 0 atom stereocenters. The van der Waals surface area contributed by atoms with Crippen LogP contribution in [0.5, 0.6) is 0 Å². The van der Waals surface area contributed by atoms with E-state index in [0.717, 1.165) is 28.1 Å². The number of para-hydroxylation sites is 3. The molecule has 0 fully saturated rings. The smallest absolute Gasteiger partial charge is 0.0860 e. The van der Waals surface area contributed by atoms with Gasteiger partial charge >= 0.3 is 0 Å². The van der Waals surface area contributed by atoms with Gasteiger partial charge < -0.3 is 15.0 Å². The molecule has 0 saturated carbocycles. The van der Waals surface area contributed by atoms with E-state index in [1.165, 1.54) is 16.3 Å². The van der Waals surface area contributed by atoms with Crippen LogP contribution in [-0.2, 0) is 5.60 Å². The molecule has 0 aliphatic heterocycles. The second kappa shape index (κ2) is 7.05. The van der Waals surface area contributed by atoms with E-state index < -0.39 is 5.60 Å². The van der Waals surface area contributed by atoms with E-state index in [1.807, 2.05) is 44.2 Å². The van der Waals surface area contributed by atoms with E-state index in [1.54, 1.807) is 0 Å². The predicted octanol–water partition coefficient (Wildman–Crippen LogP) is 6.75. The van der Waals surface area contributed by atoms with Crippen molar-refractivity contribution >= 4 is 33.2 Å². The Morgan fingerprint density at radius 3 is 2.10 bits per heavy atom. The zero-order valence-corrected chi connectivity index (χ0v) is 17.1. The molecule has 0 radical (unpaired) electrons. The number of nitrogens with zero attached hydrogens (tertiary/aromatic N) is 1. The molecule has 0 saturated heterocycles. The van der Waals surface area contributed by atoms with Crippen LogP contribution in [0.3, 0.4) is 0 Å². The summed E-state index contributed by atoms with van der Waals surface area (Å²) in [4.78, 5) is 0. The van der Waals surface area contributed by atoms with Crippen molar-refractivity contribution in [1.82, 2.24) is 4.57 Å². The average molecular weight is 393 g/mol. The fourth-order valence-electron chi connectivity index (χ4n) is 4.25. The highest BCUT2D eigenvalue weighted by Crippen LogP contribution is 2.38. The van der Waals surface area contributed by atoms with Gasteiger partial charge in [-0.3, -0.25) is 0 Å². The number of benzene rings is 4. The van der Waals surface area contributed by atoms with Crippen molar-refractivity contribution in [2.24, 2.45) is 0 Å². The molecule has 2 N–H and O–H groups in total. The third-order valence-electron chi connectivity index (χ3n) is 5.57. The fourth-order valence-corrected chi connectivity index (χ4v) is 4.25. The Kier molecular flexibility index (Phi) is 4.34. The van der Waals surface area contributed by atoms with Crippen LogP contribution >= 0.6 is 0 Å². The first-order valence-corrected chi connectivity index (χ1v) is 10.2. The second-order valence-electron chi connectivity index (χ2n) is 8.12. The van der Waals surface area contributed by atoms with Crippen LogP contribution in [0.25, 0.3) is 27.5 Å². The molecule has 5 aromatic rings. The van der Waals surface area contributed by atoms with Crippen molar-refractivity contribution < 1.29 is 5.11 Å². The molecule has 30 heavy (non-hydrogen) atoms. The summed E-state index contributed by atoms with van der Waals surface area (Å²) in [5.74, 6) is 0. The first-order valence-electron chi connectivity index (χ1n) is 10.2. The van der Waals surface area contributed by atoms with Crippen molar-refractivity contribution in [3.63, 3.8) is 0 Å². The summed E-state index contributed by atoms with van der Waals surface area (Å²) < 4.78 is 2.30. The molecule has 4 aromatic carbocycles. The molecule has 0 aliphatic carbocycles. The van der Waals surface area contributed by atoms with Crippen molar-refractivity contribution in [3.8, 4) is 5.69 Å². The van der Waals surface area contributed by atoms with Crippen LogP contribution < -0.4 is 5.32 Å². The van der Waals surface area contributed by atoms with Crippen molar-refractivity contribution in [2.45, 2.75) is 19.4 Å². The lowest BCUT2D eigenvalue weighted by molar-refractivity contribution is 0.0794. The van der Waals surface area contributed by atoms with Crippen molar-refractivity contribution in [2.75, 3.05) is 5.32 Å². The highest BCUT2D eigenvalue weighted by molar-refractivity contribution is 6.15.